The molecule has 1 atom stereocenters. The number of nitrogens with zero attached hydrogens (tertiary/aromatic N) is 3. The molecule has 30 heavy (non-hydrogen) atoms. The molecule has 0 spiro atoms. The quantitative estimate of drug-likeness (QED) is 0.533. The highest BCUT2D eigenvalue weighted by molar-refractivity contribution is 5.77. The van der Waals surface area contributed by atoms with Crippen molar-refractivity contribution in [1.29, 1.82) is 0 Å². The van der Waals surface area contributed by atoms with Crippen LogP contribution in [0.5, 0.6) is 5.75 Å². The molecular weight excluding hydrogens is 378 g/mol. The first-order valence-electron chi connectivity index (χ1n) is 10.1. The lowest BCUT2D eigenvalue weighted by molar-refractivity contribution is 0.235. The van der Waals surface area contributed by atoms with Gasteiger partial charge in [-0.25, -0.2) is 9.97 Å². The molecule has 0 radical (unpaired) electrons. The molecule has 0 unspecified atom stereocenters. The van der Waals surface area contributed by atoms with Gasteiger partial charge < -0.3 is 14.7 Å². The van der Waals surface area contributed by atoms with Gasteiger partial charge in [0.15, 0.2) is 0 Å². The fraction of sp³-hybridized carbons (Fsp3) is 0.261. The standard InChI is InChI=1S/C23H23N5O2/c1-30-16-7-4-6-15(12-16)19-13-24-22(26-19)20-10-5-11-28(20)14-21-25-18-9-3-2-8-17(18)23(29)27-21/h2-4,6-9,12-13,20H,5,10-11,14H2,1H3,(H,24,26)(H,25,27,29)/t20-/m1/s1. The molecule has 5 rings (SSSR count). The van der Waals surface area contributed by atoms with Gasteiger partial charge in [-0.15, -0.1) is 0 Å². The van der Waals surface area contributed by atoms with Crippen molar-refractivity contribution < 1.29 is 4.74 Å². The Hall–Kier alpha value is -3.45. The van der Waals surface area contributed by atoms with Crippen molar-refractivity contribution in [3.05, 3.63) is 76.7 Å². The van der Waals surface area contributed by atoms with Gasteiger partial charge in [0.2, 0.25) is 0 Å². The van der Waals surface area contributed by atoms with Crippen LogP contribution in [0.3, 0.4) is 0 Å². The van der Waals surface area contributed by atoms with Crippen LogP contribution in [0.15, 0.2) is 59.5 Å². The summed E-state index contributed by atoms with van der Waals surface area (Å²) in [6, 6.07) is 15.5. The highest BCUT2D eigenvalue weighted by atomic mass is 16.5. The zero-order chi connectivity index (χ0) is 20.5. The Kier molecular flexibility index (Phi) is 4.80. The predicted molar refractivity (Wildman–Crippen MR) is 115 cm³/mol. The second-order valence-electron chi connectivity index (χ2n) is 7.57. The fourth-order valence-corrected chi connectivity index (χ4v) is 4.17. The molecular formula is C23H23N5O2. The number of ether oxygens (including phenoxy) is 1. The van der Waals surface area contributed by atoms with E-state index in [0.29, 0.717) is 17.8 Å². The largest absolute Gasteiger partial charge is 0.497 e. The second-order valence-corrected chi connectivity index (χ2v) is 7.57. The minimum absolute atomic E-state index is 0.0929. The van der Waals surface area contributed by atoms with Crippen LogP contribution in [0.4, 0.5) is 0 Å². The van der Waals surface area contributed by atoms with Gasteiger partial charge in [-0.3, -0.25) is 9.69 Å². The van der Waals surface area contributed by atoms with Crippen molar-refractivity contribution in [3.8, 4) is 17.0 Å². The zero-order valence-electron chi connectivity index (χ0n) is 16.8. The molecule has 3 heterocycles. The molecule has 7 heteroatoms. The maximum atomic E-state index is 12.4. The lowest BCUT2D eigenvalue weighted by Crippen LogP contribution is -2.26. The number of fused-ring (bicyclic) bond motifs is 1. The van der Waals surface area contributed by atoms with Crippen LogP contribution in [0.25, 0.3) is 22.2 Å². The zero-order valence-corrected chi connectivity index (χ0v) is 16.8. The molecule has 1 fully saturated rings. The van der Waals surface area contributed by atoms with E-state index < -0.39 is 0 Å². The number of H-pyrrole nitrogens is 2. The molecule has 2 aromatic carbocycles. The van der Waals surface area contributed by atoms with E-state index in [4.69, 9.17) is 4.74 Å². The monoisotopic (exact) mass is 401 g/mol. The van der Waals surface area contributed by atoms with Gasteiger partial charge in [-0.2, -0.15) is 0 Å². The molecule has 152 valence electrons. The van der Waals surface area contributed by atoms with Crippen molar-refractivity contribution >= 4 is 10.9 Å². The molecule has 2 N–H and O–H groups in total. The summed E-state index contributed by atoms with van der Waals surface area (Å²) in [4.78, 5) is 30.5. The van der Waals surface area contributed by atoms with Gasteiger partial charge in [0.25, 0.3) is 5.56 Å². The number of rotatable bonds is 5. The molecule has 1 aliphatic heterocycles. The Morgan fingerprint density at radius 3 is 2.97 bits per heavy atom. The smallest absolute Gasteiger partial charge is 0.258 e. The van der Waals surface area contributed by atoms with Crippen LogP contribution in [-0.4, -0.2) is 38.5 Å². The van der Waals surface area contributed by atoms with Crippen LogP contribution >= 0.6 is 0 Å². The number of aromatic amines is 2. The number of hydrogen-bond acceptors (Lipinski definition) is 5. The molecule has 4 aromatic rings. The highest BCUT2D eigenvalue weighted by Crippen LogP contribution is 2.32. The van der Waals surface area contributed by atoms with E-state index >= 15 is 0 Å². The molecule has 0 aliphatic carbocycles. The van der Waals surface area contributed by atoms with Crippen LogP contribution in [0.2, 0.25) is 0 Å². The number of benzene rings is 2. The van der Waals surface area contributed by atoms with E-state index in [1.54, 1.807) is 13.2 Å². The normalized spacial score (nSPS) is 16.9. The van der Waals surface area contributed by atoms with Crippen LogP contribution < -0.4 is 10.3 Å². The van der Waals surface area contributed by atoms with Crippen molar-refractivity contribution in [2.24, 2.45) is 0 Å². The lowest BCUT2D eigenvalue weighted by Gasteiger charge is -2.22. The molecule has 2 aromatic heterocycles. The molecule has 0 amide bonds. The number of likely N-dealkylation sites (tertiary alicyclic amines) is 1. The van der Waals surface area contributed by atoms with Crippen LogP contribution in [-0.2, 0) is 6.54 Å². The van der Waals surface area contributed by atoms with E-state index in [1.807, 2.05) is 48.7 Å². The topological polar surface area (TPSA) is 86.9 Å². The summed E-state index contributed by atoms with van der Waals surface area (Å²) in [5.41, 5.74) is 2.64. The number of hydrogen-bond donors (Lipinski definition) is 2. The Bertz CT molecular complexity index is 1250. The summed E-state index contributed by atoms with van der Waals surface area (Å²) < 4.78 is 5.33. The second kappa shape index (κ2) is 7.76. The number of nitrogens with one attached hydrogen (secondary N) is 2. The maximum absolute atomic E-state index is 12.4. The molecule has 1 saturated heterocycles. The first-order chi connectivity index (χ1) is 14.7. The van der Waals surface area contributed by atoms with Crippen molar-refractivity contribution in [1.82, 2.24) is 24.8 Å². The van der Waals surface area contributed by atoms with Crippen LogP contribution in [0, 0.1) is 0 Å². The fourth-order valence-electron chi connectivity index (χ4n) is 4.17. The summed E-state index contributed by atoms with van der Waals surface area (Å²) >= 11 is 0. The van der Waals surface area contributed by atoms with E-state index in [-0.39, 0.29) is 11.6 Å². The summed E-state index contributed by atoms with van der Waals surface area (Å²) in [5, 5.41) is 0.619. The SMILES string of the molecule is COc1cccc(-c2cnc([C@H]3CCCN3Cc3nc4ccccc4c(=O)[nH]3)[nH]2)c1. The number of imidazole rings is 1. The van der Waals surface area contributed by atoms with E-state index in [2.05, 4.69) is 24.8 Å². The number of para-hydroxylation sites is 1. The van der Waals surface area contributed by atoms with E-state index in [0.717, 1.165) is 47.7 Å². The molecule has 1 aliphatic rings. The van der Waals surface area contributed by atoms with Crippen molar-refractivity contribution in [2.75, 3.05) is 13.7 Å². The summed E-state index contributed by atoms with van der Waals surface area (Å²) in [5.74, 6) is 2.44. The van der Waals surface area contributed by atoms with E-state index in [9.17, 15) is 4.79 Å². The average molecular weight is 401 g/mol. The first kappa shape index (κ1) is 18.6. The Balaban J connectivity index is 1.39. The third-order valence-corrected chi connectivity index (χ3v) is 5.67. The van der Waals surface area contributed by atoms with Crippen LogP contribution in [0.1, 0.15) is 30.5 Å². The van der Waals surface area contributed by atoms with Gasteiger partial charge in [-0.1, -0.05) is 24.3 Å². The van der Waals surface area contributed by atoms with Gasteiger partial charge in [0.1, 0.15) is 17.4 Å². The van der Waals surface area contributed by atoms with E-state index in [1.165, 1.54) is 0 Å². The van der Waals surface area contributed by atoms with Gasteiger partial charge in [-0.05, 0) is 43.7 Å². The number of aromatic nitrogens is 4. The predicted octanol–water partition coefficient (Wildman–Crippen LogP) is 3.66. The van der Waals surface area contributed by atoms with Gasteiger partial charge in [0.05, 0.1) is 42.5 Å². The summed E-state index contributed by atoms with van der Waals surface area (Å²) in [6.07, 6.45) is 3.97. The Morgan fingerprint density at radius 2 is 2.07 bits per heavy atom. The summed E-state index contributed by atoms with van der Waals surface area (Å²) in [7, 11) is 1.67. The molecule has 0 bridgehead atoms. The minimum Gasteiger partial charge on any atom is -0.497 e. The molecule has 7 nitrogen and oxygen atoms in total. The lowest BCUT2D eigenvalue weighted by atomic mass is 10.1. The Morgan fingerprint density at radius 1 is 1.17 bits per heavy atom. The minimum atomic E-state index is -0.0929. The molecule has 0 saturated carbocycles. The van der Waals surface area contributed by atoms with Gasteiger partial charge in [0, 0.05) is 5.56 Å². The maximum Gasteiger partial charge on any atom is 0.258 e. The third kappa shape index (κ3) is 3.48. The average Bonchev–Trinajstić information content (AvgIpc) is 3.43. The highest BCUT2D eigenvalue weighted by Gasteiger charge is 2.29. The third-order valence-electron chi connectivity index (χ3n) is 5.67. The van der Waals surface area contributed by atoms with Crippen molar-refractivity contribution in [3.63, 3.8) is 0 Å². The van der Waals surface area contributed by atoms with Crippen molar-refractivity contribution in [2.45, 2.75) is 25.4 Å². The summed E-state index contributed by atoms with van der Waals surface area (Å²) in [6.45, 7) is 1.52. The Labute approximate surface area is 173 Å². The first-order valence-corrected chi connectivity index (χ1v) is 10.1. The number of methoxy groups -OCH3 is 1. The van der Waals surface area contributed by atoms with Gasteiger partial charge >= 0.3 is 0 Å².